The van der Waals surface area contributed by atoms with Gasteiger partial charge in [0.25, 0.3) is 0 Å². The fourth-order valence-electron chi connectivity index (χ4n) is 2.28. The normalized spacial score (nSPS) is 14.2. The molecule has 0 saturated carbocycles. The van der Waals surface area contributed by atoms with Gasteiger partial charge in [-0.2, -0.15) is 5.10 Å². The van der Waals surface area contributed by atoms with Crippen molar-refractivity contribution in [1.82, 2.24) is 15.1 Å². The number of hydrogen-bond acceptors (Lipinski definition) is 3. The van der Waals surface area contributed by atoms with E-state index in [9.17, 15) is 13.9 Å². The fraction of sp³-hybridized carbons (Fsp3) is 0.400. The van der Waals surface area contributed by atoms with E-state index in [1.54, 1.807) is 4.68 Å². The molecular weight excluding hydrogens is 276 g/mol. The molecule has 0 aliphatic carbocycles. The minimum atomic E-state index is -1.42. The first kappa shape index (κ1) is 15.6. The molecule has 0 radical (unpaired) electrons. The van der Waals surface area contributed by atoms with Crippen LogP contribution in [-0.2, 0) is 19.2 Å². The summed E-state index contributed by atoms with van der Waals surface area (Å²) < 4.78 is 28.3. The van der Waals surface area contributed by atoms with Crippen LogP contribution in [0.4, 0.5) is 8.78 Å². The van der Waals surface area contributed by atoms with E-state index in [-0.39, 0.29) is 12.1 Å². The van der Waals surface area contributed by atoms with Crippen LogP contribution in [0.3, 0.4) is 0 Å². The van der Waals surface area contributed by atoms with Gasteiger partial charge in [0, 0.05) is 43.5 Å². The molecule has 6 heteroatoms. The molecule has 1 aromatic carbocycles. The van der Waals surface area contributed by atoms with Crippen molar-refractivity contribution in [3.05, 3.63) is 52.9 Å². The molecule has 0 aliphatic rings. The van der Waals surface area contributed by atoms with Gasteiger partial charge in [-0.25, -0.2) is 8.78 Å². The first-order chi connectivity index (χ1) is 9.79. The summed E-state index contributed by atoms with van der Waals surface area (Å²) in [5, 5.41) is 17.7. The van der Waals surface area contributed by atoms with Crippen molar-refractivity contribution in [3.63, 3.8) is 0 Å². The summed E-state index contributed by atoms with van der Waals surface area (Å²) in [5.74, 6) is -1.41. The Labute approximate surface area is 122 Å². The number of nitrogens with one attached hydrogen (secondary N) is 1. The van der Waals surface area contributed by atoms with Gasteiger partial charge in [-0.1, -0.05) is 6.07 Å². The molecule has 1 heterocycles. The Balaban J connectivity index is 2.02. The van der Waals surface area contributed by atoms with Crippen LogP contribution in [-0.4, -0.2) is 21.4 Å². The Bertz CT molecular complexity index is 638. The van der Waals surface area contributed by atoms with Crippen molar-refractivity contribution < 1.29 is 13.9 Å². The lowest BCUT2D eigenvalue weighted by Gasteiger charge is -2.24. The first-order valence-electron chi connectivity index (χ1n) is 6.67. The van der Waals surface area contributed by atoms with E-state index in [0.717, 1.165) is 23.4 Å². The maximum absolute atomic E-state index is 13.7. The number of aromatic nitrogens is 2. The number of halogens is 2. The van der Waals surface area contributed by atoms with E-state index in [1.165, 1.54) is 13.0 Å². The summed E-state index contributed by atoms with van der Waals surface area (Å²) >= 11 is 0. The van der Waals surface area contributed by atoms with E-state index in [1.807, 2.05) is 20.2 Å². The number of aliphatic hydroxyl groups is 1. The third-order valence-electron chi connectivity index (χ3n) is 3.41. The van der Waals surface area contributed by atoms with Crippen molar-refractivity contribution >= 4 is 0 Å². The van der Waals surface area contributed by atoms with Crippen LogP contribution in [0.15, 0.2) is 24.4 Å². The second-order valence-electron chi connectivity index (χ2n) is 5.41. The molecular formula is C15H19F2N3O. The third kappa shape index (κ3) is 3.65. The molecule has 1 aromatic heterocycles. The van der Waals surface area contributed by atoms with Crippen molar-refractivity contribution in [3.8, 4) is 0 Å². The summed E-state index contributed by atoms with van der Waals surface area (Å²) in [7, 11) is 1.83. The average Bonchev–Trinajstić information content (AvgIpc) is 2.67. The number of aryl methyl sites for hydroxylation is 2. The van der Waals surface area contributed by atoms with Gasteiger partial charge in [0.2, 0.25) is 0 Å². The predicted molar refractivity (Wildman–Crippen MR) is 75.6 cm³/mol. The van der Waals surface area contributed by atoms with E-state index in [0.29, 0.717) is 6.54 Å². The van der Waals surface area contributed by atoms with Crippen LogP contribution in [0.25, 0.3) is 0 Å². The van der Waals surface area contributed by atoms with Crippen LogP contribution in [0.5, 0.6) is 0 Å². The zero-order valence-corrected chi connectivity index (χ0v) is 12.3. The highest BCUT2D eigenvalue weighted by atomic mass is 19.1. The molecule has 2 aromatic rings. The lowest BCUT2D eigenvalue weighted by Crippen LogP contribution is -2.36. The number of nitrogens with zero attached hydrogens (tertiary/aromatic N) is 2. The lowest BCUT2D eigenvalue weighted by atomic mass is 9.95. The van der Waals surface area contributed by atoms with Crippen molar-refractivity contribution in [2.75, 3.05) is 6.54 Å². The summed E-state index contributed by atoms with van der Waals surface area (Å²) in [6.07, 6.45) is 1.88. The standard InChI is InChI=1S/C15H19F2N3O/c1-10-11(8-20(3)19-10)7-18-9-15(2,21)13-5-4-12(16)6-14(13)17/h4-6,8,18,21H,7,9H2,1-3H3. The number of rotatable bonds is 5. The van der Waals surface area contributed by atoms with Gasteiger partial charge in [-0.05, 0) is 19.9 Å². The largest absolute Gasteiger partial charge is 0.384 e. The minimum absolute atomic E-state index is 0.0688. The molecule has 1 atom stereocenters. The predicted octanol–water partition coefficient (Wildman–Crippen LogP) is 2.00. The minimum Gasteiger partial charge on any atom is -0.384 e. The highest BCUT2D eigenvalue weighted by Gasteiger charge is 2.26. The number of benzene rings is 1. The topological polar surface area (TPSA) is 50.1 Å². The van der Waals surface area contributed by atoms with Crippen LogP contribution in [0.1, 0.15) is 23.7 Å². The van der Waals surface area contributed by atoms with Gasteiger partial charge in [0.05, 0.1) is 5.69 Å². The van der Waals surface area contributed by atoms with E-state index >= 15 is 0 Å². The molecule has 0 fully saturated rings. The summed E-state index contributed by atoms with van der Waals surface area (Å²) in [4.78, 5) is 0. The van der Waals surface area contributed by atoms with Crippen LogP contribution in [0, 0.1) is 18.6 Å². The average molecular weight is 295 g/mol. The molecule has 0 spiro atoms. The highest BCUT2D eigenvalue weighted by Crippen LogP contribution is 2.23. The maximum atomic E-state index is 13.7. The molecule has 2 rings (SSSR count). The number of hydrogen-bond donors (Lipinski definition) is 2. The Hall–Kier alpha value is -1.79. The molecule has 0 bridgehead atoms. The van der Waals surface area contributed by atoms with Gasteiger partial charge in [0.15, 0.2) is 0 Å². The van der Waals surface area contributed by atoms with Crippen molar-refractivity contribution in [2.45, 2.75) is 26.0 Å². The van der Waals surface area contributed by atoms with E-state index < -0.39 is 17.2 Å². The van der Waals surface area contributed by atoms with Crippen LogP contribution in [0.2, 0.25) is 0 Å². The molecule has 4 nitrogen and oxygen atoms in total. The monoisotopic (exact) mass is 295 g/mol. The summed E-state index contributed by atoms with van der Waals surface area (Å²) in [6, 6.07) is 3.18. The smallest absolute Gasteiger partial charge is 0.132 e. The van der Waals surface area contributed by atoms with E-state index in [4.69, 9.17) is 0 Å². The molecule has 1 unspecified atom stereocenters. The molecule has 0 amide bonds. The van der Waals surface area contributed by atoms with Gasteiger partial charge < -0.3 is 10.4 Å². The Morgan fingerprint density at radius 3 is 2.67 bits per heavy atom. The Kier molecular flexibility index (Phi) is 4.39. The first-order valence-corrected chi connectivity index (χ1v) is 6.67. The van der Waals surface area contributed by atoms with Gasteiger partial charge in [0.1, 0.15) is 17.2 Å². The lowest BCUT2D eigenvalue weighted by molar-refractivity contribution is 0.0528. The SMILES string of the molecule is Cc1nn(C)cc1CNCC(C)(O)c1ccc(F)cc1F. The fourth-order valence-corrected chi connectivity index (χ4v) is 2.28. The molecule has 0 aliphatic heterocycles. The molecule has 0 saturated heterocycles. The second kappa shape index (κ2) is 5.91. The summed E-state index contributed by atoms with van der Waals surface area (Å²) in [5.41, 5.74) is 0.554. The zero-order chi connectivity index (χ0) is 15.6. The molecule has 21 heavy (non-hydrogen) atoms. The second-order valence-corrected chi connectivity index (χ2v) is 5.41. The molecule has 2 N–H and O–H groups in total. The van der Waals surface area contributed by atoms with E-state index in [2.05, 4.69) is 10.4 Å². The van der Waals surface area contributed by atoms with Crippen LogP contribution >= 0.6 is 0 Å². The van der Waals surface area contributed by atoms with Gasteiger partial charge in [-0.3, -0.25) is 4.68 Å². The van der Waals surface area contributed by atoms with Crippen LogP contribution < -0.4 is 5.32 Å². The Morgan fingerprint density at radius 1 is 1.38 bits per heavy atom. The maximum Gasteiger partial charge on any atom is 0.132 e. The third-order valence-corrected chi connectivity index (χ3v) is 3.41. The highest BCUT2D eigenvalue weighted by molar-refractivity contribution is 5.25. The quantitative estimate of drug-likeness (QED) is 0.887. The Morgan fingerprint density at radius 2 is 2.10 bits per heavy atom. The zero-order valence-electron chi connectivity index (χ0n) is 12.3. The molecule has 114 valence electrons. The van der Waals surface area contributed by atoms with Gasteiger partial charge in [-0.15, -0.1) is 0 Å². The van der Waals surface area contributed by atoms with Crippen molar-refractivity contribution in [1.29, 1.82) is 0 Å². The van der Waals surface area contributed by atoms with Crippen molar-refractivity contribution in [2.24, 2.45) is 7.05 Å². The summed E-state index contributed by atoms with van der Waals surface area (Å²) in [6.45, 7) is 4.05. The van der Waals surface area contributed by atoms with Gasteiger partial charge >= 0.3 is 0 Å².